The lowest BCUT2D eigenvalue weighted by atomic mass is 10.1. The second-order valence-corrected chi connectivity index (χ2v) is 6.26. The maximum Gasteiger partial charge on any atom is 0.255 e. The van der Waals surface area contributed by atoms with Gasteiger partial charge in [0.15, 0.2) is 0 Å². The highest BCUT2D eigenvalue weighted by Gasteiger charge is 2.23. The fourth-order valence-electron chi connectivity index (χ4n) is 2.66. The minimum atomic E-state index is 0.107. The fraction of sp³-hybridized carbons (Fsp3) is 0.294. The summed E-state index contributed by atoms with van der Waals surface area (Å²) < 4.78 is 0.860. The minimum Gasteiger partial charge on any atom is -0.336 e. The third kappa shape index (κ3) is 3.54. The molecule has 2 aromatic rings. The molecule has 0 atom stereocenters. The van der Waals surface area contributed by atoms with Crippen LogP contribution in [0.4, 0.5) is 0 Å². The summed E-state index contributed by atoms with van der Waals surface area (Å²) in [5, 5.41) is 0. The Labute approximate surface area is 138 Å². The summed E-state index contributed by atoms with van der Waals surface area (Å²) in [5.74, 6) is 0.107. The SMILES string of the molecule is O=C(c1ccccc1Br)N1CCN(Cc2ccncc2)CC1. The number of hydrogen-bond acceptors (Lipinski definition) is 3. The van der Waals surface area contributed by atoms with Crippen LogP contribution in [0.3, 0.4) is 0 Å². The normalized spacial score (nSPS) is 15.8. The number of hydrogen-bond donors (Lipinski definition) is 0. The summed E-state index contributed by atoms with van der Waals surface area (Å²) in [4.78, 5) is 20.9. The molecule has 0 unspecified atom stereocenters. The van der Waals surface area contributed by atoms with E-state index in [2.05, 4.69) is 25.8 Å². The Morgan fingerprint density at radius 3 is 2.41 bits per heavy atom. The summed E-state index contributed by atoms with van der Waals surface area (Å²) in [7, 11) is 0. The van der Waals surface area contributed by atoms with Crippen molar-refractivity contribution in [2.45, 2.75) is 6.54 Å². The molecule has 1 amide bonds. The van der Waals surface area contributed by atoms with E-state index in [1.54, 1.807) is 0 Å². The lowest BCUT2D eigenvalue weighted by Gasteiger charge is -2.35. The Hall–Kier alpha value is -1.72. The Bertz CT molecular complexity index is 639. The lowest BCUT2D eigenvalue weighted by Crippen LogP contribution is -2.48. The Balaban J connectivity index is 1.58. The van der Waals surface area contributed by atoms with Crippen molar-refractivity contribution in [2.24, 2.45) is 0 Å². The van der Waals surface area contributed by atoms with Gasteiger partial charge < -0.3 is 4.90 Å². The van der Waals surface area contributed by atoms with Gasteiger partial charge in [0.25, 0.3) is 5.91 Å². The van der Waals surface area contributed by atoms with Gasteiger partial charge in [0.05, 0.1) is 5.56 Å². The number of carbonyl (C=O) groups is 1. The number of piperazine rings is 1. The van der Waals surface area contributed by atoms with Crippen LogP contribution in [0.5, 0.6) is 0 Å². The Kier molecular flexibility index (Phi) is 4.85. The van der Waals surface area contributed by atoms with Gasteiger partial charge in [0, 0.05) is 49.6 Å². The molecule has 0 radical (unpaired) electrons. The number of amides is 1. The van der Waals surface area contributed by atoms with Gasteiger partial charge in [-0.1, -0.05) is 12.1 Å². The average molecular weight is 360 g/mol. The van der Waals surface area contributed by atoms with Gasteiger partial charge >= 0.3 is 0 Å². The highest BCUT2D eigenvalue weighted by atomic mass is 79.9. The van der Waals surface area contributed by atoms with Gasteiger partial charge in [-0.15, -0.1) is 0 Å². The van der Waals surface area contributed by atoms with Crippen LogP contribution in [-0.4, -0.2) is 46.9 Å². The molecule has 2 heterocycles. The van der Waals surface area contributed by atoms with E-state index in [4.69, 9.17) is 0 Å². The van der Waals surface area contributed by atoms with E-state index in [1.807, 2.05) is 53.7 Å². The number of carbonyl (C=O) groups excluding carboxylic acids is 1. The fourth-order valence-corrected chi connectivity index (χ4v) is 3.11. The van der Waals surface area contributed by atoms with E-state index in [-0.39, 0.29) is 5.91 Å². The zero-order valence-corrected chi connectivity index (χ0v) is 13.9. The molecule has 1 saturated heterocycles. The molecule has 0 saturated carbocycles. The van der Waals surface area contributed by atoms with Crippen LogP contribution in [0.25, 0.3) is 0 Å². The van der Waals surface area contributed by atoms with Gasteiger partial charge in [0.2, 0.25) is 0 Å². The number of pyridine rings is 1. The molecule has 1 aliphatic heterocycles. The number of aromatic nitrogens is 1. The van der Waals surface area contributed by atoms with Crippen LogP contribution in [0.1, 0.15) is 15.9 Å². The number of rotatable bonds is 3. The molecule has 0 aliphatic carbocycles. The summed E-state index contributed by atoms with van der Waals surface area (Å²) in [6.45, 7) is 4.26. The summed E-state index contributed by atoms with van der Waals surface area (Å²) in [6.07, 6.45) is 3.64. The summed E-state index contributed by atoms with van der Waals surface area (Å²) >= 11 is 3.46. The van der Waals surface area contributed by atoms with Gasteiger partial charge in [-0.2, -0.15) is 0 Å². The maximum absolute atomic E-state index is 12.6. The van der Waals surface area contributed by atoms with Crippen LogP contribution >= 0.6 is 15.9 Å². The Morgan fingerprint density at radius 2 is 1.73 bits per heavy atom. The number of halogens is 1. The summed E-state index contributed by atoms with van der Waals surface area (Å²) in [6, 6.07) is 11.7. The van der Waals surface area contributed by atoms with E-state index < -0.39 is 0 Å². The second-order valence-electron chi connectivity index (χ2n) is 5.40. The molecule has 1 fully saturated rings. The third-order valence-electron chi connectivity index (χ3n) is 3.92. The molecule has 1 aliphatic rings. The van der Waals surface area contributed by atoms with Crippen LogP contribution in [-0.2, 0) is 6.54 Å². The molecule has 0 N–H and O–H groups in total. The number of nitrogens with zero attached hydrogens (tertiary/aromatic N) is 3. The van der Waals surface area contributed by atoms with Crippen LogP contribution in [0.2, 0.25) is 0 Å². The third-order valence-corrected chi connectivity index (χ3v) is 4.61. The smallest absolute Gasteiger partial charge is 0.255 e. The predicted molar refractivity (Wildman–Crippen MR) is 89.6 cm³/mol. The molecule has 5 heteroatoms. The lowest BCUT2D eigenvalue weighted by molar-refractivity contribution is 0.0627. The Morgan fingerprint density at radius 1 is 1.05 bits per heavy atom. The van der Waals surface area contributed by atoms with Crippen molar-refractivity contribution in [3.8, 4) is 0 Å². The van der Waals surface area contributed by atoms with Gasteiger partial charge in [-0.3, -0.25) is 14.7 Å². The van der Waals surface area contributed by atoms with Crippen molar-refractivity contribution in [3.05, 3.63) is 64.4 Å². The van der Waals surface area contributed by atoms with Gasteiger partial charge in [-0.05, 0) is 45.8 Å². The molecule has 3 rings (SSSR count). The van der Waals surface area contributed by atoms with Crippen molar-refractivity contribution < 1.29 is 4.79 Å². The molecule has 0 bridgehead atoms. The van der Waals surface area contributed by atoms with E-state index in [0.29, 0.717) is 0 Å². The van der Waals surface area contributed by atoms with Crippen molar-refractivity contribution in [3.63, 3.8) is 0 Å². The predicted octanol–water partition coefficient (Wildman–Crippen LogP) is 2.80. The first-order chi connectivity index (χ1) is 10.7. The molecule has 4 nitrogen and oxygen atoms in total. The molecular formula is C17H18BrN3O. The standard InChI is InChI=1S/C17H18BrN3O/c18-16-4-2-1-3-15(16)17(22)21-11-9-20(10-12-21)13-14-5-7-19-8-6-14/h1-8H,9-13H2. The van der Waals surface area contributed by atoms with E-state index in [9.17, 15) is 4.79 Å². The second kappa shape index (κ2) is 7.03. The quantitative estimate of drug-likeness (QED) is 0.845. The molecule has 0 spiro atoms. The summed E-state index contributed by atoms with van der Waals surface area (Å²) in [5.41, 5.74) is 2.01. The first-order valence-corrected chi connectivity index (χ1v) is 8.18. The van der Waals surface area contributed by atoms with Crippen molar-refractivity contribution in [1.82, 2.24) is 14.8 Å². The van der Waals surface area contributed by atoms with Crippen molar-refractivity contribution >= 4 is 21.8 Å². The van der Waals surface area contributed by atoms with Gasteiger partial charge in [0.1, 0.15) is 0 Å². The highest BCUT2D eigenvalue weighted by Crippen LogP contribution is 2.19. The maximum atomic E-state index is 12.6. The minimum absolute atomic E-state index is 0.107. The van der Waals surface area contributed by atoms with Crippen LogP contribution in [0, 0.1) is 0 Å². The highest BCUT2D eigenvalue weighted by molar-refractivity contribution is 9.10. The molecule has 114 valence electrons. The van der Waals surface area contributed by atoms with E-state index >= 15 is 0 Å². The van der Waals surface area contributed by atoms with Crippen LogP contribution in [0.15, 0.2) is 53.3 Å². The van der Waals surface area contributed by atoms with E-state index in [1.165, 1.54) is 5.56 Å². The van der Waals surface area contributed by atoms with Crippen molar-refractivity contribution in [2.75, 3.05) is 26.2 Å². The zero-order chi connectivity index (χ0) is 15.4. The largest absolute Gasteiger partial charge is 0.336 e. The monoisotopic (exact) mass is 359 g/mol. The average Bonchev–Trinajstić information content (AvgIpc) is 2.56. The molecule has 1 aromatic heterocycles. The first-order valence-electron chi connectivity index (χ1n) is 7.39. The molecule has 1 aromatic carbocycles. The van der Waals surface area contributed by atoms with E-state index in [0.717, 1.165) is 42.8 Å². The number of benzene rings is 1. The molecule has 22 heavy (non-hydrogen) atoms. The van der Waals surface area contributed by atoms with Crippen LogP contribution < -0.4 is 0 Å². The van der Waals surface area contributed by atoms with Gasteiger partial charge in [-0.25, -0.2) is 0 Å². The van der Waals surface area contributed by atoms with Crippen molar-refractivity contribution in [1.29, 1.82) is 0 Å². The molecular weight excluding hydrogens is 342 g/mol. The zero-order valence-electron chi connectivity index (χ0n) is 12.3. The topological polar surface area (TPSA) is 36.4 Å². The first kappa shape index (κ1) is 15.2.